The molecule has 4 nitrogen and oxygen atoms in total. The van der Waals surface area contributed by atoms with Crippen molar-refractivity contribution in [3.8, 4) is 5.75 Å². The SMILES string of the molecule is O=C(COc1ccccc1F)Nc1cccc(/C=C/c2ccccn2)c1. The van der Waals surface area contributed by atoms with Crippen molar-refractivity contribution < 1.29 is 13.9 Å². The zero-order chi connectivity index (χ0) is 18.2. The summed E-state index contributed by atoms with van der Waals surface area (Å²) in [7, 11) is 0. The van der Waals surface area contributed by atoms with Crippen molar-refractivity contribution in [1.29, 1.82) is 0 Å². The second-order valence-electron chi connectivity index (χ2n) is 5.48. The molecule has 1 N–H and O–H groups in total. The maximum absolute atomic E-state index is 13.5. The van der Waals surface area contributed by atoms with Gasteiger partial charge in [-0.05, 0) is 48.0 Å². The summed E-state index contributed by atoms with van der Waals surface area (Å²) >= 11 is 0. The lowest BCUT2D eigenvalue weighted by Crippen LogP contribution is -2.20. The second kappa shape index (κ2) is 8.58. The van der Waals surface area contributed by atoms with Gasteiger partial charge in [-0.1, -0.05) is 36.4 Å². The first-order valence-electron chi connectivity index (χ1n) is 8.07. The average Bonchev–Trinajstić information content (AvgIpc) is 2.67. The number of anilines is 1. The van der Waals surface area contributed by atoms with Crippen molar-refractivity contribution in [1.82, 2.24) is 4.98 Å². The van der Waals surface area contributed by atoms with Crippen LogP contribution in [0.5, 0.6) is 5.75 Å². The van der Waals surface area contributed by atoms with Crippen LogP contribution < -0.4 is 10.1 Å². The first-order chi connectivity index (χ1) is 12.7. The minimum Gasteiger partial charge on any atom is -0.481 e. The zero-order valence-electron chi connectivity index (χ0n) is 13.9. The number of rotatable bonds is 6. The Balaban J connectivity index is 1.59. The van der Waals surface area contributed by atoms with Crippen LogP contribution in [0.2, 0.25) is 0 Å². The molecule has 130 valence electrons. The molecule has 1 heterocycles. The summed E-state index contributed by atoms with van der Waals surface area (Å²) in [6.45, 7) is -0.269. The highest BCUT2D eigenvalue weighted by atomic mass is 19.1. The molecule has 5 heteroatoms. The van der Waals surface area contributed by atoms with E-state index in [9.17, 15) is 9.18 Å². The topological polar surface area (TPSA) is 51.2 Å². The van der Waals surface area contributed by atoms with Crippen LogP contribution in [-0.2, 0) is 4.79 Å². The number of nitrogens with one attached hydrogen (secondary N) is 1. The predicted octanol–water partition coefficient (Wildman–Crippen LogP) is 4.41. The number of para-hydroxylation sites is 1. The number of benzene rings is 2. The highest BCUT2D eigenvalue weighted by Crippen LogP contribution is 2.16. The number of nitrogens with zero attached hydrogens (tertiary/aromatic N) is 1. The van der Waals surface area contributed by atoms with Crippen molar-refractivity contribution in [3.63, 3.8) is 0 Å². The number of carbonyl (C=O) groups is 1. The van der Waals surface area contributed by atoms with Crippen molar-refractivity contribution in [2.75, 3.05) is 11.9 Å². The van der Waals surface area contributed by atoms with Crippen LogP contribution >= 0.6 is 0 Å². The Labute approximate surface area is 151 Å². The number of aromatic nitrogens is 1. The van der Waals surface area contributed by atoms with Crippen LogP contribution in [0.4, 0.5) is 10.1 Å². The molecular formula is C21H17FN2O2. The standard InChI is InChI=1S/C21H17FN2O2/c22-19-9-1-2-10-20(19)26-15-21(25)24-18-8-5-6-16(14-18)11-12-17-7-3-4-13-23-17/h1-14H,15H2,(H,24,25)/b12-11+. The molecule has 0 radical (unpaired) electrons. The Morgan fingerprint density at radius 3 is 2.69 bits per heavy atom. The molecule has 0 aliphatic carbocycles. The summed E-state index contributed by atoms with van der Waals surface area (Å²) in [5, 5.41) is 2.73. The van der Waals surface area contributed by atoms with Crippen LogP contribution in [-0.4, -0.2) is 17.5 Å². The summed E-state index contributed by atoms with van der Waals surface area (Å²) in [6, 6.07) is 19.0. The first kappa shape index (κ1) is 17.4. The third-order valence-electron chi connectivity index (χ3n) is 3.50. The number of pyridine rings is 1. The minimum atomic E-state index is -0.498. The molecule has 0 aliphatic rings. The van der Waals surface area contributed by atoms with Gasteiger partial charge in [-0.2, -0.15) is 0 Å². The molecule has 3 aromatic rings. The molecule has 26 heavy (non-hydrogen) atoms. The van der Waals surface area contributed by atoms with Gasteiger partial charge in [-0.3, -0.25) is 9.78 Å². The number of hydrogen-bond acceptors (Lipinski definition) is 3. The molecular weight excluding hydrogens is 331 g/mol. The third kappa shape index (κ3) is 5.01. The highest BCUT2D eigenvalue weighted by Gasteiger charge is 2.06. The molecule has 1 aromatic heterocycles. The molecule has 0 unspecified atom stereocenters. The molecule has 0 spiro atoms. The fourth-order valence-corrected chi connectivity index (χ4v) is 2.28. The van der Waals surface area contributed by atoms with Gasteiger partial charge in [-0.15, -0.1) is 0 Å². The zero-order valence-corrected chi connectivity index (χ0v) is 13.9. The van der Waals surface area contributed by atoms with E-state index in [1.165, 1.54) is 12.1 Å². The normalized spacial score (nSPS) is 10.7. The Morgan fingerprint density at radius 1 is 1.04 bits per heavy atom. The van der Waals surface area contributed by atoms with E-state index in [-0.39, 0.29) is 18.3 Å². The van der Waals surface area contributed by atoms with Crippen molar-refractivity contribution in [3.05, 3.63) is 90.0 Å². The monoisotopic (exact) mass is 348 g/mol. The van der Waals surface area contributed by atoms with E-state index in [0.29, 0.717) is 5.69 Å². The van der Waals surface area contributed by atoms with E-state index >= 15 is 0 Å². The van der Waals surface area contributed by atoms with Gasteiger partial charge in [0, 0.05) is 11.9 Å². The molecule has 0 fully saturated rings. The fourth-order valence-electron chi connectivity index (χ4n) is 2.28. The number of amides is 1. The van der Waals surface area contributed by atoms with Crippen LogP contribution in [0.25, 0.3) is 12.2 Å². The van der Waals surface area contributed by atoms with E-state index in [4.69, 9.17) is 4.74 Å². The largest absolute Gasteiger partial charge is 0.481 e. The van der Waals surface area contributed by atoms with E-state index in [2.05, 4.69) is 10.3 Å². The van der Waals surface area contributed by atoms with Crippen molar-refractivity contribution in [2.45, 2.75) is 0 Å². The quantitative estimate of drug-likeness (QED) is 0.718. The summed E-state index contributed by atoms with van der Waals surface area (Å²) in [4.78, 5) is 16.2. The summed E-state index contributed by atoms with van der Waals surface area (Å²) in [5.74, 6) is -0.809. The van der Waals surface area contributed by atoms with Crippen LogP contribution in [0, 0.1) is 5.82 Å². The van der Waals surface area contributed by atoms with Gasteiger partial charge in [0.15, 0.2) is 18.2 Å². The molecule has 0 saturated carbocycles. The van der Waals surface area contributed by atoms with Gasteiger partial charge < -0.3 is 10.1 Å². The maximum atomic E-state index is 13.5. The number of ether oxygens (including phenoxy) is 1. The number of carbonyl (C=O) groups excluding carboxylic acids is 1. The van der Waals surface area contributed by atoms with Gasteiger partial charge in [0.25, 0.3) is 5.91 Å². The van der Waals surface area contributed by atoms with Gasteiger partial charge >= 0.3 is 0 Å². The Morgan fingerprint density at radius 2 is 1.88 bits per heavy atom. The Bertz CT molecular complexity index is 911. The number of hydrogen-bond donors (Lipinski definition) is 1. The lowest BCUT2D eigenvalue weighted by Gasteiger charge is -2.08. The van der Waals surface area contributed by atoms with Gasteiger partial charge in [0.1, 0.15) is 0 Å². The molecule has 0 atom stereocenters. The summed E-state index contributed by atoms with van der Waals surface area (Å²) < 4.78 is 18.7. The fraction of sp³-hybridized carbons (Fsp3) is 0.0476. The highest BCUT2D eigenvalue weighted by molar-refractivity contribution is 5.92. The molecule has 0 aliphatic heterocycles. The number of halogens is 1. The molecule has 2 aromatic carbocycles. The molecule has 1 amide bonds. The van der Waals surface area contributed by atoms with E-state index in [0.717, 1.165) is 11.3 Å². The van der Waals surface area contributed by atoms with Gasteiger partial charge in [0.05, 0.1) is 5.69 Å². The lowest BCUT2D eigenvalue weighted by molar-refractivity contribution is -0.118. The first-order valence-corrected chi connectivity index (χ1v) is 8.07. The van der Waals surface area contributed by atoms with Gasteiger partial charge in [-0.25, -0.2) is 4.39 Å². The molecule has 3 rings (SSSR count). The van der Waals surface area contributed by atoms with E-state index < -0.39 is 5.82 Å². The van der Waals surface area contributed by atoms with Crippen molar-refractivity contribution >= 4 is 23.7 Å². The third-order valence-corrected chi connectivity index (χ3v) is 3.50. The Kier molecular flexibility index (Phi) is 5.72. The van der Waals surface area contributed by atoms with Crippen molar-refractivity contribution in [2.24, 2.45) is 0 Å². The second-order valence-corrected chi connectivity index (χ2v) is 5.48. The molecule has 0 saturated heterocycles. The smallest absolute Gasteiger partial charge is 0.262 e. The maximum Gasteiger partial charge on any atom is 0.262 e. The minimum absolute atomic E-state index is 0.0506. The van der Waals surface area contributed by atoms with Crippen LogP contribution in [0.15, 0.2) is 72.9 Å². The van der Waals surface area contributed by atoms with E-state index in [1.54, 1.807) is 24.4 Å². The van der Waals surface area contributed by atoms with E-state index in [1.807, 2.05) is 48.6 Å². The van der Waals surface area contributed by atoms with Gasteiger partial charge in [0.2, 0.25) is 0 Å². The lowest BCUT2D eigenvalue weighted by atomic mass is 10.1. The summed E-state index contributed by atoms with van der Waals surface area (Å²) in [6.07, 6.45) is 5.53. The van der Waals surface area contributed by atoms with Crippen LogP contribution in [0.1, 0.15) is 11.3 Å². The van der Waals surface area contributed by atoms with Crippen LogP contribution in [0.3, 0.4) is 0 Å². The summed E-state index contributed by atoms with van der Waals surface area (Å²) in [5.41, 5.74) is 2.40. The average molecular weight is 348 g/mol. The molecule has 0 bridgehead atoms. The Hall–Kier alpha value is -3.47. The predicted molar refractivity (Wildman–Crippen MR) is 100 cm³/mol.